The van der Waals surface area contributed by atoms with Gasteiger partial charge < -0.3 is 9.80 Å². The van der Waals surface area contributed by atoms with Crippen molar-refractivity contribution < 1.29 is 9.59 Å². The number of carbonyl (C=O) groups is 2. The summed E-state index contributed by atoms with van der Waals surface area (Å²) in [6.45, 7) is 1.44. The van der Waals surface area contributed by atoms with Crippen LogP contribution in [0.2, 0.25) is 0 Å². The van der Waals surface area contributed by atoms with Crippen molar-refractivity contribution in [3.63, 3.8) is 0 Å². The van der Waals surface area contributed by atoms with Crippen molar-refractivity contribution in [1.82, 2.24) is 14.8 Å². The molecule has 2 aliphatic rings. The number of pyridine rings is 1. The molecule has 3 aromatic rings. The van der Waals surface area contributed by atoms with E-state index < -0.39 is 0 Å². The lowest BCUT2D eigenvalue weighted by molar-refractivity contribution is -0.127. The van der Waals surface area contributed by atoms with Crippen LogP contribution in [0.1, 0.15) is 46.6 Å². The Morgan fingerprint density at radius 1 is 1.00 bits per heavy atom. The van der Waals surface area contributed by atoms with Gasteiger partial charge in [-0.3, -0.25) is 14.6 Å². The third-order valence-corrected chi connectivity index (χ3v) is 7.87. The smallest absolute Gasteiger partial charge is 0.272 e. The zero-order valence-electron chi connectivity index (χ0n) is 19.8. The fourth-order valence-electron chi connectivity index (χ4n) is 5.06. The van der Waals surface area contributed by atoms with E-state index in [1.54, 1.807) is 23.6 Å². The number of thiophene rings is 1. The maximum atomic E-state index is 13.7. The highest BCUT2D eigenvalue weighted by Gasteiger charge is 2.42. The summed E-state index contributed by atoms with van der Waals surface area (Å²) in [6.07, 6.45) is 10.0. The zero-order valence-corrected chi connectivity index (χ0v) is 20.6. The van der Waals surface area contributed by atoms with Crippen LogP contribution in [-0.2, 0) is 11.2 Å². The number of piperidine rings is 1. The van der Waals surface area contributed by atoms with Gasteiger partial charge in [0.2, 0.25) is 5.91 Å². The van der Waals surface area contributed by atoms with Crippen molar-refractivity contribution in [3.8, 4) is 0 Å². The lowest BCUT2D eigenvalue weighted by atomic mass is 9.84. The van der Waals surface area contributed by atoms with Crippen LogP contribution >= 0.6 is 11.3 Å². The monoisotopic (exact) mass is 485 g/mol. The molecule has 0 unspecified atom stereocenters. The van der Waals surface area contributed by atoms with Gasteiger partial charge in [0.1, 0.15) is 5.69 Å². The minimum atomic E-state index is 0.0337. The number of amides is 2. The van der Waals surface area contributed by atoms with Crippen LogP contribution in [0.15, 0.2) is 78.3 Å². The molecule has 6 heteroatoms. The molecule has 0 spiro atoms. The second-order valence-corrected chi connectivity index (χ2v) is 10.4. The van der Waals surface area contributed by atoms with E-state index in [1.165, 1.54) is 5.56 Å². The predicted octanol–water partition coefficient (Wildman–Crippen LogP) is 5.31. The molecule has 0 N–H and O–H groups in total. The first kappa shape index (κ1) is 23.5. The molecule has 1 saturated heterocycles. The van der Waals surface area contributed by atoms with Crippen LogP contribution in [0.5, 0.6) is 0 Å². The molecule has 1 aliphatic heterocycles. The molecule has 3 heterocycles. The summed E-state index contributed by atoms with van der Waals surface area (Å²) in [4.78, 5) is 36.0. The number of carbonyl (C=O) groups excluding carboxylic acids is 2. The Hall–Kier alpha value is -3.25. The van der Waals surface area contributed by atoms with Crippen LogP contribution in [0.4, 0.5) is 0 Å². The summed E-state index contributed by atoms with van der Waals surface area (Å²) >= 11 is 1.63. The number of hydrogen-bond acceptors (Lipinski definition) is 4. The number of likely N-dealkylation sites (tertiary alicyclic amines) is 1. The Labute approximate surface area is 211 Å². The molecular formula is C29H31N3O2S. The van der Waals surface area contributed by atoms with Crippen molar-refractivity contribution in [2.45, 2.75) is 44.2 Å². The van der Waals surface area contributed by atoms with Gasteiger partial charge >= 0.3 is 0 Å². The van der Waals surface area contributed by atoms with E-state index >= 15 is 0 Å². The fraction of sp³-hybridized carbons (Fsp3) is 0.345. The molecule has 2 amide bonds. The third kappa shape index (κ3) is 5.88. The van der Waals surface area contributed by atoms with Gasteiger partial charge in [-0.1, -0.05) is 42.5 Å². The normalized spacial score (nSPS) is 17.4. The molecule has 2 aromatic heterocycles. The highest BCUT2D eigenvalue weighted by atomic mass is 32.1. The molecule has 0 radical (unpaired) electrons. The molecule has 35 heavy (non-hydrogen) atoms. The van der Waals surface area contributed by atoms with Gasteiger partial charge in [0.25, 0.3) is 5.91 Å². The van der Waals surface area contributed by atoms with Gasteiger partial charge in [-0.25, -0.2) is 0 Å². The summed E-state index contributed by atoms with van der Waals surface area (Å²) in [5.74, 6) is 0.445. The van der Waals surface area contributed by atoms with E-state index in [0.29, 0.717) is 11.6 Å². The van der Waals surface area contributed by atoms with Gasteiger partial charge in [-0.15, -0.1) is 11.3 Å². The summed E-state index contributed by atoms with van der Waals surface area (Å²) in [7, 11) is 0. The second-order valence-electron chi connectivity index (χ2n) is 9.43. The lowest BCUT2D eigenvalue weighted by Gasteiger charge is -2.41. The number of aromatic nitrogens is 1. The molecule has 5 nitrogen and oxygen atoms in total. The van der Waals surface area contributed by atoms with Crippen LogP contribution in [0, 0.1) is 5.92 Å². The molecule has 0 bridgehead atoms. The van der Waals surface area contributed by atoms with Crippen LogP contribution in [-0.4, -0.2) is 51.8 Å². The molecule has 1 atom stereocenters. The number of rotatable bonds is 8. The first-order chi connectivity index (χ1) is 17.2. The third-order valence-electron chi connectivity index (χ3n) is 7.03. The quantitative estimate of drug-likeness (QED) is 0.406. The number of hydrogen-bond donors (Lipinski definition) is 0. The molecule has 1 saturated carbocycles. The lowest BCUT2D eigenvalue weighted by Crippen LogP contribution is -2.51. The van der Waals surface area contributed by atoms with E-state index in [4.69, 9.17) is 0 Å². The van der Waals surface area contributed by atoms with E-state index in [1.807, 2.05) is 52.8 Å². The average Bonchev–Trinajstić information content (AvgIpc) is 3.61. The molecular weight excluding hydrogens is 454 g/mol. The minimum absolute atomic E-state index is 0.0337. The molecule has 1 aromatic carbocycles. The van der Waals surface area contributed by atoms with Crippen molar-refractivity contribution in [3.05, 3.63) is 94.5 Å². The second kappa shape index (κ2) is 11.0. The van der Waals surface area contributed by atoms with E-state index in [-0.39, 0.29) is 23.9 Å². The maximum Gasteiger partial charge on any atom is 0.272 e. The largest absolute Gasteiger partial charge is 0.339 e. The van der Waals surface area contributed by atoms with E-state index in [9.17, 15) is 9.59 Å². The van der Waals surface area contributed by atoms with Gasteiger partial charge in [0.05, 0.1) is 0 Å². The molecule has 5 rings (SSSR count). The summed E-state index contributed by atoms with van der Waals surface area (Å²) in [6, 6.07) is 20.4. The first-order valence-corrected chi connectivity index (χ1v) is 13.3. The number of nitrogens with zero attached hydrogens (tertiary/aromatic N) is 3. The summed E-state index contributed by atoms with van der Waals surface area (Å²) in [5, 5.41) is 2.01. The fourth-order valence-corrected chi connectivity index (χ4v) is 5.68. The highest BCUT2D eigenvalue weighted by Crippen LogP contribution is 2.36. The number of benzene rings is 1. The standard InChI is InChI=1S/C29H31N3O2S/c33-28(14-13-25-9-6-20-35-25)31-18-15-23(16-19-31)27(21-22-7-2-1-3-8-22)32(24-11-12-24)29(34)26-10-4-5-17-30-26/h1-10,13-14,17,20,23-24,27H,11-12,15-16,18-19,21H2/b14-13+/t27-/m0/s1. The first-order valence-electron chi connectivity index (χ1n) is 12.5. The molecule has 1 aliphatic carbocycles. The van der Waals surface area contributed by atoms with Crippen molar-refractivity contribution in [1.29, 1.82) is 0 Å². The SMILES string of the molecule is O=C(/C=C/c1cccs1)N1CCC([C@H](Cc2ccccc2)N(C(=O)c2ccccn2)C2CC2)CC1. The van der Waals surface area contributed by atoms with Gasteiger partial charge in [0, 0.05) is 42.3 Å². The van der Waals surface area contributed by atoms with Crippen LogP contribution in [0.3, 0.4) is 0 Å². The Balaban J connectivity index is 1.33. The summed E-state index contributed by atoms with van der Waals surface area (Å²) in [5.41, 5.74) is 1.76. The Morgan fingerprint density at radius 3 is 2.43 bits per heavy atom. The van der Waals surface area contributed by atoms with Gasteiger partial charge in [-0.2, -0.15) is 0 Å². The van der Waals surface area contributed by atoms with E-state index in [0.717, 1.165) is 50.1 Å². The van der Waals surface area contributed by atoms with Gasteiger partial charge in [0.15, 0.2) is 0 Å². The van der Waals surface area contributed by atoms with Crippen molar-refractivity contribution >= 4 is 29.2 Å². The Kier molecular flexibility index (Phi) is 7.38. The topological polar surface area (TPSA) is 53.5 Å². The van der Waals surface area contributed by atoms with Crippen LogP contribution in [0.25, 0.3) is 6.08 Å². The van der Waals surface area contributed by atoms with Crippen LogP contribution < -0.4 is 0 Å². The highest BCUT2D eigenvalue weighted by molar-refractivity contribution is 7.10. The van der Waals surface area contributed by atoms with Gasteiger partial charge in [-0.05, 0) is 73.2 Å². The zero-order chi connectivity index (χ0) is 24.0. The van der Waals surface area contributed by atoms with E-state index in [2.05, 4.69) is 34.1 Å². The predicted molar refractivity (Wildman–Crippen MR) is 140 cm³/mol. The maximum absolute atomic E-state index is 13.7. The Morgan fingerprint density at radius 2 is 1.77 bits per heavy atom. The van der Waals surface area contributed by atoms with Crippen molar-refractivity contribution in [2.24, 2.45) is 5.92 Å². The average molecular weight is 486 g/mol. The Bertz CT molecular complexity index is 1140. The molecule has 180 valence electrons. The molecule has 2 fully saturated rings. The van der Waals surface area contributed by atoms with Crippen molar-refractivity contribution in [2.75, 3.05) is 13.1 Å². The summed E-state index contributed by atoms with van der Waals surface area (Å²) < 4.78 is 0. The minimum Gasteiger partial charge on any atom is -0.339 e.